The first-order valence-electron chi connectivity index (χ1n) is 3.56. The second-order valence-electron chi connectivity index (χ2n) is 3.71. The maximum Gasteiger partial charge on any atom is 0.0502 e. The van der Waals surface area contributed by atoms with Crippen LogP contribution >= 0.6 is 0 Å². The number of likely N-dealkylation sites (N-methyl/N-ethyl adjacent to an activating group) is 1. The Morgan fingerprint density at radius 3 is 1.89 bits per heavy atom. The van der Waals surface area contributed by atoms with Gasteiger partial charge in [0.25, 0.3) is 0 Å². The fourth-order valence-electron chi connectivity index (χ4n) is 2.12. The van der Waals surface area contributed by atoms with Gasteiger partial charge in [-0.25, -0.2) is 0 Å². The van der Waals surface area contributed by atoms with Crippen LogP contribution in [0.2, 0.25) is 0 Å². The average Bonchev–Trinajstić information content (AvgIpc) is 2.20. The topological polar surface area (TPSA) is 15.0 Å². The van der Waals surface area contributed by atoms with Gasteiger partial charge in [-0.2, -0.15) is 0 Å². The second kappa shape index (κ2) is 1.18. The molecule has 2 fully saturated rings. The average molecular weight is 126 g/mol. The van der Waals surface area contributed by atoms with Gasteiger partial charge in [0.2, 0.25) is 0 Å². The SMILES string of the molecule is CN1C2(C)CNCC12C. The molecule has 1 N–H and O–H groups in total. The zero-order valence-electron chi connectivity index (χ0n) is 6.36. The smallest absolute Gasteiger partial charge is 0.0502 e. The third-order valence-corrected chi connectivity index (χ3v) is 3.53. The van der Waals surface area contributed by atoms with Gasteiger partial charge < -0.3 is 5.32 Å². The zero-order valence-corrected chi connectivity index (χ0v) is 6.36. The van der Waals surface area contributed by atoms with E-state index in [-0.39, 0.29) is 0 Å². The van der Waals surface area contributed by atoms with Crippen molar-refractivity contribution in [3.8, 4) is 0 Å². The first-order chi connectivity index (χ1) is 4.11. The van der Waals surface area contributed by atoms with Gasteiger partial charge in [-0.1, -0.05) is 0 Å². The molecule has 0 aromatic heterocycles. The van der Waals surface area contributed by atoms with E-state index in [9.17, 15) is 0 Å². The summed E-state index contributed by atoms with van der Waals surface area (Å²) >= 11 is 0. The fraction of sp³-hybridized carbons (Fsp3) is 1.00. The van der Waals surface area contributed by atoms with Crippen molar-refractivity contribution in [2.75, 3.05) is 20.1 Å². The molecule has 0 aromatic rings. The normalized spacial score (nSPS) is 63.7. The van der Waals surface area contributed by atoms with Crippen LogP contribution in [0.1, 0.15) is 13.8 Å². The van der Waals surface area contributed by atoms with Gasteiger partial charge in [0.05, 0.1) is 11.1 Å². The van der Waals surface area contributed by atoms with Crippen LogP contribution in [0.25, 0.3) is 0 Å². The van der Waals surface area contributed by atoms with Gasteiger partial charge in [0.15, 0.2) is 0 Å². The minimum absolute atomic E-state index is 0.479. The van der Waals surface area contributed by atoms with E-state index in [4.69, 9.17) is 0 Å². The molecule has 2 saturated heterocycles. The molecule has 2 aliphatic heterocycles. The van der Waals surface area contributed by atoms with Crippen LogP contribution in [-0.4, -0.2) is 36.1 Å². The van der Waals surface area contributed by atoms with Crippen molar-refractivity contribution in [3.05, 3.63) is 0 Å². The van der Waals surface area contributed by atoms with Gasteiger partial charge in [0.1, 0.15) is 0 Å². The minimum atomic E-state index is 0.479. The Kier molecular flexibility index (Phi) is 0.746. The van der Waals surface area contributed by atoms with E-state index in [0.29, 0.717) is 11.1 Å². The largest absolute Gasteiger partial charge is 0.313 e. The van der Waals surface area contributed by atoms with E-state index >= 15 is 0 Å². The van der Waals surface area contributed by atoms with Crippen LogP contribution in [0.5, 0.6) is 0 Å². The molecule has 2 rings (SSSR count). The van der Waals surface area contributed by atoms with Crippen LogP contribution in [-0.2, 0) is 0 Å². The van der Waals surface area contributed by atoms with Crippen LogP contribution in [0.15, 0.2) is 0 Å². The number of hydrogen-bond acceptors (Lipinski definition) is 2. The molecule has 2 aliphatic rings. The third-order valence-electron chi connectivity index (χ3n) is 3.53. The number of hydrogen-bond donors (Lipinski definition) is 1. The molecule has 2 atom stereocenters. The summed E-state index contributed by atoms with van der Waals surface area (Å²) in [6.07, 6.45) is 0. The lowest BCUT2D eigenvalue weighted by atomic mass is 10.0. The summed E-state index contributed by atoms with van der Waals surface area (Å²) in [5.41, 5.74) is 0.958. The van der Waals surface area contributed by atoms with Crippen molar-refractivity contribution in [1.82, 2.24) is 10.2 Å². The molecule has 2 heterocycles. The van der Waals surface area contributed by atoms with Gasteiger partial charge in [-0.05, 0) is 20.9 Å². The predicted octanol–water partition coefficient (Wildman–Crippen LogP) is 0.0524. The van der Waals surface area contributed by atoms with Crippen molar-refractivity contribution in [2.24, 2.45) is 0 Å². The van der Waals surface area contributed by atoms with Crippen LogP contribution in [0.4, 0.5) is 0 Å². The Morgan fingerprint density at radius 2 is 1.67 bits per heavy atom. The summed E-state index contributed by atoms with van der Waals surface area (Å²) < 4.78 is 0. The van der Waals surface area contributed by atoms with E-state index in [1.54, 1.807) is 0 Å². The highest BCUT2D eigenvalue weighted by molar-refractivity contribution is 5.28. The van der Waals surface area contributed by atoms with Crippen molar-refractivity contribution < 1.29 is 0 Å². The van der Waals surface area contributed by atoms with Crippen molar-refractivity contribution in [2.45, 2.75) is 24.9 Å². The number of piperazine rings is 1. The molecule has 2 unspecified atom stereocenters. The molecule has 0 aliphatic carbocycles. The lowest BCUT2D eigenvalue weighted by Gasteiger charge is -2.06. The summed E-state index contributed by atoms with van der Waals surface area (Å²) in [7, 11) is 2.21. The molecular formula is C7H14N2. The highest BCUT2D eigenvalue weighted by atomic mass is 15.5. The maximum atomic E-state index is 3.39. The molecule has 2 heteroatoms. The Labute approximate surface area is 56.2 Å². The number of nitrogens with one attached hydrogen (secondary N) is 1. The van der Waals surface area contributed by atoms with Crippen LogP contribution in [0.3, 0.4) is 0 Å². The van der Waals surface area contributed by atoms with Crippen LogP contribution < -0.4 is 5.32 Å². The number of fused-ring (bicyclic) bond motifs is 1. The maximum absolute atomic E-state index is 3.39. The van der Waals surface area contributed by atoms with E-state index in [1.165, 1.54) is 13.1 Å². The van der Waals surface area contributed by atoms with Crippen molar-refractivity contribution >= 4 is 0 Å². The van der Waals surface area contributed by atoms with E-state index in [1.807, 2.05) is 0 Å². The standard InChI is InChI=1S/C7H14N2/c1-6-4-8-5-7(6,2)9(6)3/h8H,4-5H2,1-3H3. The summed E-state index contributed by atoms with van der Waals surface area (Å²) in [5.74, 6) is 0. The van der Waals surface area contributed by atoms with Crippen molar-refractivity contribution in [3.63, 3.8) is 0 Å². The molecular weight excluding hydrogens is 112 g/mol. The monoisotopic (exact) mass is 126 g/mol. The summed E-state index contributed by atoms with van der Waals surface area (Å²) in [4.78, 5) is 2.45. The Morgan fingerprint density at radius 1 is 1.22 bits per heavy atom. The molecule has 2 nitrogen and oxygen atoms in total. The van der Waals surface area contributed by atoms with Gasteiger partial charge in [-0.3, -0.25) is 4.90 Å². The fourth-order valence-corrected chi connectivity index (χ4v) is 2.12. The van der Waals surface area contributed by atoms with Gasteiger partial charge in [-0.15, -0.1) is 0 Å². The first kappa shape index (κ1) is 5.69. The van der Waals surface area contributed by atoms with Gasteiger partial charge in [0, 0.05) is 13.1 Å². The minimum Gasteiger partial charge on any atom is -0.313 e. The number of nitrogens with zero attached hydrogens (tertiary/aromatic N) is 1. The molecule has 0 bridgehead atoms. The lowest BCUT2D eigenvalue weighted by Crippen LogP contribution is -2.27. The molecule has 0 radical (unpaired) electrons. The van der Waals surface area contributed by atoms with Gasteiger partial charge >= 0.3 is 0 Å². The number of rotatable bonds is 0. The van der Waals surface area contributed by atoms with Crippen molar-refractivity contribution in [1.29, 1.82) is 0 Å². The van der Waals surface area contributed by atoms with E-state index in [2.05, 4.69) is 31.1 Å². The highest BCUT2D eigenvalue weighted by Gasteiger charge is 2.69. The predicted molar refractivity (Wildman–Crippen MR) is 37.4 cm³/mol. The summed E-state index contributed by atoms with van der Waals surface area (Å²) in [6, 6.07) is 0. The first-order valence-corrected chi connectivity index (χ1v) is 3.56. The molecule has 0 saturated carbocycles. The Balaban J connectivity index is 2.29. The summed E-state index contributed by atoms with van der Waals surface area (Å²) in [6.45, 7) is 6.99. The molecule has 0 spiro atoms. The van der Waals surface area contributed by atoms with Crippen LogP contribution in [0, 0.1) is 0 Å². The second-order valence-corrected chi connectivity index (χ2v) is 3.71. The lowest BCUT2D eigenvalue weighted by molar-refractivity contribution is 0.415. The highest BCUT2D eigenvalue weighted by Crippen LogP contribution is 2.51. The van der Waals surface area contributed by atoms with E-state index in [0.717, 1.165) is 0 Å². The summed E-state index contributed by atoms with van der Waals surface area (Å²) in [5, 5.41) is 3.39. The molecule has 52 valence electrons. The third kappa shape index (κ3) is 0.383. The molecule has 9 heavy (non-hydrogen) atoms. The Hall–Kier alpha value is -0.0800. The molecule has 0 amide bonds. The van der Waals surface area contributed by atoms with E-state index < -0.39 is 0 Å². The zero-order chi connectivity index (χ0) is 6.70. The quantitative estimate of drug-likeness (QED) is 0.461. The Bertz CT molecular complexity index is 141. The molecule has 0 aromatic carbocycles.